The molecular formula is C15H24N2S. The molecule has 0 saturated carbocycles. The summed E-state index contributed by atoms with van der Waals surface area (Å²) in [5.41, 5.74) is 10.1. The molecule has 0 bridgehead atoms. The van der Waals surface area contributed by atoms with Gasteiger partial charge in [-0.15, -0.1) is 0 Å². The van der Waals surface area contributed by atoms with E-state index in [1.165, 1.54) is 28.2 Å². The normalized spacial score (nSPS) is 23.0. The van der Waals surface area contributed by atoms with Gasteiger partial charge in [-0.05, 0) is 37.5 Å². The number of nitrogens with zero attached hydrogens (tertiary/aromatic N) is 1. The molecule has 1 heterocycles. The Hall–Kier alpha value is -0.510. The summed E-state index contributed by atoms with van der Waals surface area (Å²) in [6, 6.07) is 7.77. The van der Waals surface area contributed by atoms with Crippen LogP contribution < -0.4 is 5.73 Å². The van der Waals surface area contributed by atoms with Crippen LogP contribution in [0.1, 0.15) is 29.7 Å². The van der Waals surface area contributed by atoms with E-state index in [0.29, 0.717) is 18.6 Å². The molecule has 0 aliphatic carbocycles. The largest absolute Gasteiger partial charge is 0.329 e. The average molecular weight is 264 g/mol. The molecule has 0 spiro atoms. The minimum atomic E-state index is 0.375. The number of hydrogen-bond donors (Lipinski definition) is 1. The second-order valence-corrected chi connectivity index (χ2v) is 6.41. The fourth-order valence-corrected chi connectivity index (χ4v) is 3.68. The molecule has 1 fully saturated rings. The molecule has 1 aliphatic rings. The fourth-order valence-electron chi connectivity index (χ4n) is 2.64. The Morgan fingerprint density at radius 2 is 2.17 bits per heavy atom. The molecule has 2 atom stereocenters. The molecule has 2 unspecified atom stereocenters. The standard InChI is InChI=1S/C15H24N2S/c1-11-4-5-14(8-12(11)2)15(9-16)17-6-7-18-10-13(17)3/h4-5,8,13,15H,6-7,9-10,16H2,1-3H3. The highest BCUT2D eigenvalue weighted by Crippen LogP contribution is 2.28. The third-order valence-corrected chi connectivity index (χ3v) is 5.15. The first kappa shape index (κ1) is 13.9. The quantitative estimate of drug-likeness (QED) is 0.910. The second-order valence-electron chi connectivity index (χ2n) is 5.26. The summed E-state index contributed by atoms with van der Waals surface area (Å²) in [6.07, 6.45) is 0. The van der Waals surface area contributed by atoms with Crippen LogP contribution in [0, 0.1) is 13.8 Å². The van der Waals surface area contributed by atoms with Crippen LogP contribution in [0.25, 0.3) is 0 Å². The molecule has 0 radical (unpaired) electrons. The van der Waals surface area contributed by atoms with Crippen molar-refractivity contribution in [3.05, 3.63) is 34.9 Å². The highest BCUT2D eigenvalue weighted by atomic mass is 32.2. The molecular weight excluding hydrogens is 240 g/mol. The van der Waals surface area contributed by atoms with Gasteiger partial charge in [0.25, 0.3) is 0 Å². The molecule has 1 aromatic carbocycles. The zero-order valence-corrected chi connectivity index (χ0v) is 12.5. The van der Waals surface area contributed by atoms with Crippen LogP contribution in [0.15, 0.2) is 18.2 Å². The molecule has 2 nitrogen and oxygen atoms in total. The van der Waals surface area contributed by atoms with E-state index in [1.807, 2.05) is 0 Å². The van der Waals surface area contributed by atoms with E-state index in [1.54, 1.807) is 0 Å². The van der Waals surface area contributed by atoms with Gasteiger partial charge in [0, 0.05) is 36.7 Å². The maximum atomic E-state index is 6.04. The van der Waals surface area contributed by atoms with E-state index in [2.05, 4.69) is 55.6 Å². The average Bonchev–Trinajstić information content (AvgIpc) is 2.37. The van der Waals surface area contributed by atoms with Crippen molar-refractivity contribution in [3.8, 4) is 0 Å². The van der Waals surface area contributed by atoms with Crippen LogP contribution in [0.3, 0.4) is 0 Å². The predicted octanol–water partition coefficient (Wildman–Crippen LogP) is 2.74. The third-order valence-electron chi connectivity index (χ3n) is 3.96. The van der Waals surface area contributed by atoms with Gasteiger partial charge in [0.05, 0.1) is 0 Å². The van der Waals surface area contributed by atoms with Crippen molar-refractivity contribution in [2.75, 3.05) is 24.6 Å². The van der Waals surface area contributed by atoms with Crippen molar-refractivity contribution in [2.45, 2.75) is 32.9 Å². The zero-order chi connectivity index (χ0) is 13.1. The Labute approximate surface area is 115 Å². The van der Waals surface area contributed by atoms with Crippen molar-refractivity contribution in [1.82, 2.24) is 4.90 Å². The van der Waals surface area contributed by atoms with Crippen LogP contribution in [-0.4, -0.2) is 35.5 Å². The topological polar surface area (TPSA) is 29.3 Å². The number of benzene rings is 1. The summed E-state index contributed by atoms with van der Waals surface area (Å²) in [5.74, 6) is 2.45. The first-order valence-corrected chi connectivity index (χ1v) is 7.89. The second kappa shape index (κ2) is 6.09. The molecule has 2 rings (SSSR count). The van der Waals surface area contributed by atoms with E-state index >= 15 is 0 Å². The van der Waals surface area contributed by atoms with Gasteiger partial charge >= 0.3 is 0 Å². The fraction of sp³-hybridized carbons (Fsp3) is 0.600. The van der Waals surface area contributed by atoms with Crippen LogP contribution >= 0.6 is 11.8 Å². The highest BCUT2D eigenvalue weighted by Gasteiger charge is 2.26. The number of nitrogens with two attached hydrogens (primary N) is 1. The van der Waals surface area contributed by atoms with Crippen LogP contribution in [0.4, 0.5) is 0 Å². The zero-order valence-electron chi connectivity index (χ0n) is 11.6. The molecule has 0 aromatic heterocycles. The molecule has 1 aromatic rings. The Bertz CT molecular complexity index is 405. The molecule has 100 valence electrons. The number of hydrogen-bond acceptors (Lipinski definition) is 3. The summed E-state index contributed by atoms with van der Waals surface area (Å²) in [5, 5.41) is 0. The highest BCUT2D eigenvalue weighted by molar-refractivity contribution is 7.99. The number of rotatable bonds is 3. The van der Waals surface area contributed by atoms with Crippen molar-refractivity contribution < 1.29 is 0 Å². The molecule has 3 heteroatoms. The monoisotopic (exact) mass is 264 g/mol. The van der Waals surface area contributed by atoms with E-state index in [-0.39, 0.29) is 0 Å². The molecule has 2 N–H and O–H groups in total. The molecule has 0 amide bonds. The molecule has 1 aliphatic heterocycles. The van der Waals surface area contributed by atoms with E-state index in [0.717, 1.165) is 6.54 Å². The van der Waals surface area contributed by atoms with E-state index < -0.39 is 0 Å². The van der Waals surface area contributed by atoms with E-state index in [4.69, 9.17) is 5.73 Å². The van der Waals surface area contributed by atoms with Crippen LogP contribution in [0.2, 0.25) is 0 Å². The smallest absolute Gasteiger partial charge is 0.0474 e. The van der Waals surface area contributed by atoms with Crippen LogP contribution in [-0.2, 0) is 0 Å². The van der Waals surface area contributed by atoms with Gasteiger partial charge < -0.3 is 5.73 Å². The lowest BCUT2D eigenvalue weighted by Crippen LogP contribution is -2.45. The van der Waals surface area contributed by atoms with Gasteiger partial charge in [-0.1, -0.05) is 18.2 Å². The number of thioether (sulfide) groups is 1. The summed E-state index contributed by atoms with van der Waals surface area (Å²) >= 11 is 2.05. The maximum absolute atomic E-state index is 6.04. The first-order valence-electron chi connectivity index (χ1n) is 6.74. The number of aryl methyl sites for hydroxylation is 2. The lowest BCUT2D eigenvalue weighted by molar-refractivity contribution is 0.166. The SMILES string of the molecule is Cc1ccc(C(CN)N2CCSCC2C)cc1C. The first-order chi connectivity index (χ1) is 8.63. The summed E-state index contributed by atoms with van der Waals surface area (Å²) in [7, 11) is 0. The minimum Gasteiger partial charge on any atom is -0.329 e. The van der Waals surface area contributed by atoms with Crippen molar-refractivity contribution >= 4 is 11.8 Å². The van der Waals surface area contributed by atoms with Gasteiger partial charge in [-0.3, -0.25) is 4.90 Å². The lowest BCUT2D eigenvalue weighted by atomic mass is 9.99. The summed E-state index contributed by atoms with van der Waals surface area (Å²) in [4.78, 5) is 2.57. The minimum absolute atomic E-state index is 0.375. The van der Waals surface area contributed by atoms with Crippen molar-refractivity contribution in [1.29, 1.82) is 0 Å². The Morgan fingerprint density at radius 3 is 2.78 bits per heavy atom. The Kier molecular flexibility index (Phi) is 4.71. The van der Waals surface area contributed by atoms with Crippen molar-refractivity contribution in [2.24, 2.45) is 5.73 Å². The Morgan fingerprint density at radius 1 is 1.39 bits per heavy atom. The van der Waals surface area contributed by atoms with E-state index in [9.17, 15) is 0 Å². The third kappa shape index (κ3) is 2.90. The van der Waals surface area contributed by atoms with Gasteiger partial charge in [0.1, 0.15) is 0 Å². The van der Waals surface area contributed by atoms with Crippen LogP contribution in [0.5, 0.6) is 0 Å². The lowest BCUT2D eigenvalue weighted by Gasteiger charge is -2.39. The maximum Gasteiger partial charge on any atom is 0.0474 e. The summed E-state index contributed by atoms with van der Waals surface area (Å²) < 4.78 is 0. The van der Waals surface area contributed by atoms with Gasteiger partial charge in [-0.25, -0.2) is 0 Å². The molecule has 1 saturated heterocycles. The summed E-state index contributed by atoms with van der Waals surface area (Å²) in [6.45, 7) is 8.52. The predicted molar refractivity (Wildman–Crippen MR) is 81.2 cm³/mol. The van der Waals surface area contributed by atoms with Crippen molar-refractivity contribution in [3.63, 3.8) is 0 Å². The van der Waals surface area contributed by atoms with Gasteiger partial charge in [0.15, 0.2) is 0 Å². The molecule has 18 heavy (non-hydrogen) atoms. The Balaban J connectivity index is 2.23. The van der Waals surface area contributed by atoms with Gasteiger partial charge in [0.2, 0.25) is 0 Å². The van der Waals surface area contributed by atoms with Gasteiger partial charge in [-0.2, -0.15) is 11.8 Å².